The number of carbonyl (C=O) groups excluding carboxylic acids is 2. The van der Waals surface area contributed by atoms with E-state index in [9.17, 15) is 9.59 Å². The van der Waals surface area contributed by atoms with Gasteiger partial charge in [-0.1, -0.05) is 12.1 Å². The molecule has 1 atom stereocenters. The van der Waals surface area contributed by atoms with E-state index < -0.39 is 6.04 Å². The lowest BCUT2D eigenvalue weighted by molar-refractivity contribution is -0.126. The minimum absolute atomic E-state index is 0.137. The molecule has 2 amide bonds. The maximum absolute atomic E-state index is 11.7. The third kappa shape index (κ3) is 4.42. The molecule has 1 aromatic rings. The zero-order valence-electron chi connectivity index (χ0n) is 11.4. The summed E-state index contributed by atoms with van der Waals surface area (Å²) in [6, 6.07) is 6.95. The first-order valence-corrected chi connectivity index (χ1v) is 6.69. The maximum atomic E-state index is 11.7. The van der Waals surface area contributed by atoms with Gasteiger partial charge in [-0.2, -0.15) is 0 Å². The van der Waals surface area contributed by atoms with Gasteiger partial charge in [0.1, 0.15) is 6.04 Å². The van der Waals surface area contributed by atoms with Crippen LogP contribution in [0.5, 0.6) is 0 Å². The van der Waals surface area contributed by atoms with Crippen molar-refractivity contribution in [3.63, 3.8) is 0 Å². The second-order valence-corrected chi connectivity index (χ2v) is 5.01. The lowest BCUT2D eigenvalue weighted by Gasteiger charge is -2.12. The predicted octanol–water partition coefficient (Wildman–Crippen LogP) is 1.07. The van der Waals surface area contributed by atoms with E-state index in [1.165, 1.54) is 6.08 Å². The highest BCUT2D eigenvalue weighted by atomic mass is 16.2. The molecule has 1 aliphatic carbocycles. The molecule has 1 fully saturated rings. The molecule has 0 radical (unpaired) electrons. The number of rotatable bonds is 5. The smallest absolute Gasteiger partial charge is 0.244 e. The summed E-state index contributed by atoms with van der Waals surface area (Å²) in [5.74, 6) is -0.429. The van der Waals surface area contributed by atoms with Crippen molar-refractivity contribution in [2.24, 2.45) is 0 Å². The highest BCUT2D eigenvalue weighted by Crippen LogP contribution is 2.18. The molecule has 0 saturated heterocycles. The van der Waals surface area contributed by atoms with Crippen molar-refractivity contribution in [3.8, 4) is 0 Å². The van der Waals surface area contributed by atoms with Gasteiger partial charge in [0.2, 0.25) is 11.8 Å². The summed E-state index contributed by atoms with van der Waals surface area (Å²) in [5, 5.41) is 5.48. The molecule has 1 aromatic carbocycles. The number of nitrogen functional groups attached to an aromatic ring is 1. The molecule has 20 heavy (non-hydrogen) atoms. The van der Waals surface area contributed by atoms with Gasteiger partial charge in [-0.3, -0.25) is 9.59 Å². The first kappa shape index (κ1) is 14.1. The van der Waals surface area contributed by atoms with Crippen LogP contribution in [0.1, 0.15) is 25.3 Å². The molecule has 0 aromatic heterocycles. The molecule has 0 bridgehead atoms. The number of nitrogens with two attached hydrogens (primary N) is 1. The van der Waals surface area contributed by atoms with Crippen LogP contribution in [-0.4, -0.2) is 23.9 Å². The van der Waals surface area contributed by atoms with Crippen molar-refractivity contribution in [2.45, 2.75) is 31.8 Å². The van der Waals surface area contributed by atoms with Gasteiger partial charge < -0.3 is 16.4 Å². The number of anilines is 1. The number of hydrogen-bond acceptors (Lipinski definition) is 3. The molecule has 106 valence electrons. The largest absolute Gasteiger partial charge is 0.399 e. The predicted molar refractivity (Wildman–Crippen MR) is 78.7 cm³/mol. The average Bonchev–Trinajstić information content (AvgIpc) is 3.22. The molecular formula is C15H19N3O2. The summed E-state index contributed by atoms with van der Waals surface area (Å²) in [7, 11) is 0. The Hall–Kier alpha value is -2.30. The highest BCUT2D eigenvalue weighted by molar-refractivity contribution is 5.95. The number of hydrogen-bond donors (Lipinski definition) is 3. The lowest BCUT2D eigenvalue weighted by Crippen LogP contribution is -2.44. The number of carbonyl (C=O) groups is 2. The standard InChI is InChI=1S/C15H19N3O2/c1-10(15(20)18-13-7-8-13)17-14(19)9-4-11-2-5-12(16)6-3-11/h2-6,9-10,13H,7-8,16H2,1H3,(H,17,19)(H,18,20)/b9-4+. The minimum Gasteiger partial charge on any atom is -0.399 e. The van der Waals surface area contributed by atoms with Gasteiger partial charge in [-0.05, 0) is 43.5 Å². The number of nitrogens with one attached hydrogen (secondary N) is 2. The monoisotopic (exact) mass is 273 g/mol. The summed E-state index contributed by atoms with van der Waals surface area (Å²) in [4.78, 5) is 23.4. The summed E-state index contributed by atoms with van der Waals surface area (Å²) in [6.45, 7) is 1.67. The van der Waals surface area contributed by atoms with Gasteiger partial charge in [0.15, 0.2) is 0 Å². The topological polar surface area (TPSA) is 84.2 Å². The fourth-order valence-electron chi connectivity index (χ4n) is 1.66. The molecule has 1 saturated carbocycles. The molecular weight excluding hydrogens is 254 g/mol. The van der Waals surface area contributed by atoms with Crippen molar-refractivity contribution < 1.29 is 9.59 Å². The first-order valence-electron chi connectivity index (χ1n) is 6.69. The summed E-state index contributed by atoms with van der Waals surface area (Å²) in [5.41, 5.74) is 7.14. The molecule has 5 nitrogen and oxygen atoms in total. The van der Waals surface area contributed by atoms with E-state index in [0.29, 0.717) is 11.7 Å². The zero-order chi connectivity index (χ0) is 14.5. The van der Waals surface area contributed by atoms with Gasteiger partial charge in [-0.25, -0.2) is 0 Å². The van der Waals surface area contributed by atoms with Crippen molar-refractivity contribution in [3.05, 3.63) is 35.9 Å². The van der Waals surface area contributed by atoms with Crippen molar-refractivity contribution in [2.75, 3.05) is 5.73 Å². The molecule has 0 heterocycles. The molecule has 0 aliphatic heterocycles. The fraction of sp³-hybridized carbons (Fsp3) is 0.333. The Morgan fingerprint density at radius 3 is 2.55 bits per heavy atom. The van der Waals surface area contributed by atoms with E-state index in [0.717, 1.165) is 18.4 Å². The Balaban J connectivity index is 1.81. The summed E-state index contributed by atoms with van der Waals surface area (Å²) >= 11 is 0. The molecule has 1 unspecified atom stereocenters. The minimum atomic E-state index is -0.529. The Bertz CT molecular complexity index is 518. The first-order chi connectivity index (χ1) is 9.54. The third-order valence-corrected chi connectivity index (χ3v) is 3.04. The van der Waals surface area contributed by atoms with Crippen LogP contribution in [0.2, 0.25) is 0 Å². The van der Waals surface area contributed by atoms with Crippen LogP contribution in [0, 0.1) is 0 Å². The van der Waals surface area contributed by atoms with Gasteiger partial charge in [0.25, 0.3) is 0 Å². The van der Waals surface area contributed by atoms with Crippen LogP contribution >= 0.6 is 0 Å². The lowest BCUT2D eigenvalue weighted by atomic mass is 10.2. The van der Waals surface area contributed by atoms with Gasteiger partial charge in [0, 0.05) is 17.8 Å². The second-order valence-electron chi connectivity index (χ2n) is 5.01. The second kappa shape index (κ2) is 6.23. The highest BCUT2D eigenvalue weighted by Gasteiger charge is 2.25. The van der Waals surface area contributed by atoms with Crippen LogP contribution in [-0.2, 0) is 9.59 Å². The number of benzene rings is 1. The van der Waals surface area contributed by atoms with E-state index in [-0.39, 0.29) is 11.8 Å². The van der Waals surface area contributed by atoms with E-state index in [1.54, 1.807) is 25.1 Å². The van der Waals surface area contributed by atoms with Crippen molar-refractivity contribution >= 4 is 23.6 Å². The zero-order valence-corrected chi connectivity index (χ0v) is 11.4. The van der Waals surface area contributed by atoms with E-state index in [2.05, 4.69) is 10.6 Å². The van der Waals surface area contributed by atoms with Crippen LogP contribution < -0.4 is 16.4 Å². The van der Waals surface area contributed by atoms with Crippen LogP contribution in [0.3, 0.4) is 0 Å². The third-order valence-electron chi connectivity index (χ3n) is 3.04. The Kier molecular flexibility index (Phi) is 4.40. The molecule has 1 aliphatic rings. The van der Waals surface area contributed by atoms with Crippen LogP contribution in [0.4, 0.5) is 5.69 Å². The average molecular weight is 273 g/mol. The number of amides is 2. The van der Waals surface area contributed by atoms with Gasteiger partial charge in [-0.15, -0.1) is 0 Å². The normalized spacial score (nSPS) is 15.8. The summed E-state index contributed by atoms with van der Waals surface area (Å²) in [6.07, 6.45) is 5.15. The molecule has 0 spiro atoms. The Morgan fingerprint density at radius 1 is 1.30 bits per heavy atom. The van der Waals surface area contributed by atoms with Crippen molar-refractivity contribution in [1.82, 2.24) is 10.6 Å². The summed E-state index contributed by atoms with van der Waals surface area (Å²) < 4.78 is 0. The quantitative estimate of drug-likeness (QED) is 0.554. The molecule has 5 heteroatoms. The Morgan fingerprint density at radius 2 is 1.95 bits per heavy atom. The maximum Gasteiger partial charge on any atom is 0.244 e. The van der Waals surface area contributed by atoms with Crippen molar-refractivity contribution in [1.29, 1.82) is 0 Å². The fourth-order valence-corrected chi connectivity index (χ4v) is 1.66. The Labute approximate surface area is 118 Å². The van der Waals surface area contributed by atoms with E-state index >= 15 is 0 Å². The van der Waals surface area contributed by atoms with Gasteiger partial charge in [0.05, 0.1) is 0 Å². The molecule has 4 N–H and O–H groups in total. The van der Waals surface area contributed by atoms with Crippen LogP contribution in [0.15, 0.2) is 30.3 Å². The van der Waals surface area contributed by atoms with E-state index in [4.69, 9.17) is 5.73 Å². The van der Waals surface area contributed by atoms with Crippen LogP contribution in [0.25, 0.3) is 6.08 Å². The van der Waals surface area contributed by atoms with E-state index in [1.807, 2.05) is 12.1 Å². The SMILES string of the molecule is CC(NC(=O)/C=C/c1ccc(N)cc1)C(=O)NC1CC1. The molecule has 2 rings (SSSR count). The van der Waals surface area contributed by atoms with Gasteiger partial charge >= 0.3 is 0 Å².